The molecule has 0 radical (unpaired) electrons. The van der Waals surface area contributed by atoms with Crippen molar-refractivity contribution >= 4 is 22.9 Å². The van der Waals surface area contributed by atoms with Crippen molar-refractivity contribution in [2.75, 3.05) is 37.6 Å². The molecule has 1 aromatic carbocycles. The Labute approximate surface area is 152 Å². The summed E-state index contributed by atoms with van der Waals surface area (Å²) in [7, 11) is 0. The predicted octanol–water partition coefficient (Wildman–Crippen LogP) is 2.03. The number of aromatic nitrogens is 3. The fraction of sp³-hybridized carbons (Fsp3) is 0.316. The van der Waals surface area contributed by atoms with Gasteiger partial charge >= 0.3 is 6.03 Å². The number of urea groups is 1. The average molecular weight is 350 g/mol. The van der Waals surface area contributed by atoms with Gasteiger partial charge in [0.15, 0.2) is 0 Å². The van der Waals surface area contributed by atoms with Gasteiger partial charge in [0, 0.05) is 62.2 Å². The van der Waals surface area contributed by atoms with Gasteiger partial charge in [-0.15, -0.1) is 0 Å². The summed E-state index contributed by atoms with van der Waals surface area (Å²) in [6, 6.07) is 10.0. The van der Waals surface area contributed by atoms with Gasteiger partial charge < -0.3 is 20.1 Å². The molecule has 2 amide bonds. The van der Waals surface area contributed by atoms with Crippen LogP contribution in [-0.2, 0) is 6.42 Å². The Balaban J connectivity index is 1.26. The molecular formula is C19H22N6O. The fourth-order valence-electron chi connectivity index (χ4n) is 3.32. The minimum Gasteiger partial charge on any atom is -0.361 e. The first-order chi connectivity index (χ1) is 12.8. The largest absolute Gasteiger partial charge is 0.361 e. The first-order valence-corrected chi connectivity index (χ1v) is 8.91. The Bertz CT molecular complexity index is 870. The normalized spacial score (nSPS) is 14.6. The monoisotopic (exact) mass is 350 g/mol. The lowest BCUT2D eigenvalue weighted by molar-refractivity contribution is 0.194. The van der Waals surface area contributed by atoms with Gasteiger partial charge in [0.25, 0.3) is 0 Å². The van der Waals surface area contributed by atoms with Crippen LogP contribution in [0.25, 0.3) is 10.9 Å². The number of para-hydroxylation sites is 1. The maximum absolute atomic E-state index is 12.4. The second-order valence-corrected chi connectivity index (χ2v) is 6.36. The molecule has 1 aliphatic rings. The van der Waals surface area contributed by atoms with Gasteiger partial charge in [-0.05, 0) is 24.1 Å². The highest BCUT2D eigenvalue weighted by Crippen LogP contribution is 2.17. The number of carbonyl (C=O) groups is 1. The van der Waals surface area contributed by atoms with Gasteiger partial charge in [-0.1, -0.05) is 18.2 Å². The van der Waals surface area contributed by atoms with Gasteiger partial charge in [-0.2, -0.15) is 0 Å². The first kappa shape index (κ1) is 16.4. The summed E-state index contributed by atoms with van der Waals surface area (Å²) in [5.41, 5.74) is 2.36. The number of benzene rings is 1. The Morgan fingerprint density at radius 3 is 2.65 bits per heavy atom. The van der Waals surface area contributed by atoms with Crippen molar-refractivity contribution in [3.05, 3.63) is 54.5 Å². The molecule has 7 heteroatoms. The van der Waals surface area contributed by atoms with E-state index in [-0.39, 0.29) is 6.03 Å². The zero-order chi connectivity index (χ0) is 17.8. The molecule has 0 spiro atoms. The van der Waals surface area contributed by atoms with E-state index in [1.165, 1.54) is 10.9 Å². The molecule has 4 rings (SSSR count). The number of anilines is 1. The Morgan fingerprint density at radius 1 is 1.08 bits per heavy atom. The number of aromatic amines is 1. The number of nitrogens with one attached hydrogen (secondary N) is 2. The van der Waals surface area contributed by atoms with Crippen molar-refractivity contribution in [2.45, 2.75) is 6.42 Å². The quantitative estimate of drug-likeness (QED) is 0.755. The van der Waals surface area contributed by atoms with Gasteiger partial charge in [-0.25, -0.2) is 14.8 Å². The fourth-order valence-corrected chi connectivity index (χ4v) is 3.32. The van der Waals surface area contributed by atoms with E-state index in [1.54, 1.807) is 18.5 Å². The molecule has 0 aliphatic carbocycles. The molecule has 2 aromatic heterocycles. The third-order valence-corrected chi connectivity index (χ3v) is 4.75. The summed E-state index contributed by atoms with van der Waals surface area (Å²) in [6.45, 7) is 3.48. The minimum absolute atomic E-state index is 0.00142. The van der Waals surface area contributed by atoms with E-state index in [0.29, 0.717) is 19.6 Å². The van der Waals surface area contributed by atoms with E-state index in [2.05, 4.69) is 37.3 Å². The van der Waals surface area contributed by atoms with Crippen LogP contribution in [0.5, 0.6) is 0 Å². The molecule has 1 saturated heterocycles. The second kappa shape index (κ2) is 7.43. The van der Waals surface area contributed by atoms with Gasteiger partial charge in [-0.3, -0.25) is 0 Å². The predicted molar refractivity (Wildman–Crippen MR) is 101 cm³/mol. The molecule has 3 heterocycles. The lowest BCUT2D eigenvalue weighted by Gasteiger charge is -2.34. The molecule has 0 atom stereocenters. The molecule has 7 nitrogen and oxygen atoms in total. The van der Waals surface area contributed by atoms with Crippen LogP contribution in [0.1, 0.15) is 5.56 Å². The Hall–Kier alpha value is -3.09. The highest BCUT2D eigenvalue weighted by atomic mass is 16.2. The maximum Gasteiger partial charge on any atom is 0.317 e. The molecule has 1 fully saturated rings. The second-order valence-electron chi connectivity index (χ2n) is 6.36. The molecule has 0 bridgehead atoms. The minimum atomic E-state index is -0.00142. The zero-order valence-electron chi connectivity index (χ0n) is 14.6. The summed E-state index contributed by atoms with van der Waals surface area (Å²) in [5, 5.41) is 4.25. The molecule has 0 unspecified atom stereocenters. The third kappa shape index (κ3) is 3.46. The Kier molecular flexibility index (Phi) is 4.68. The maximum atomic E-state index is 12.4. The van der Waals surface area contributed by atoms with Crippen LogP contribution in [-0.4, -0.2) is 58.6 Å². The van der Waals surface area contributed by atoms with Crippen molar-refractivity contribution in [3.8, 4) is 0 Å². The van der Waals surface area contributed by atoms with E-state index >= 15 is 0 Å². The molecule has 26 heavy (non-hydrogen) atoms. The van der Waals surface area contributed by atoms with Crippen LogP contribution in [0, 0.1) is 0 Å². The summed E-state index contributed by atoms with van der Waals surface area (Å²) in [4.78, 5) is 28.2. The van der Waals surface area contributed by atoms with Crippen molar-refractivity contribution in [1.29, 1.82) is 0 Å². The summed E-state index contributed by atoms with van der Waals surface area (Å²) in [6.07, 6.45) is 6.32. The number of hydrogen-bond acceptors (Lipinski definition) is 4. The standard InChI is InChI=1S/C19H22N6O/c26-19(22-9-6-15-14-23-17-5-2-1-4-16(15)17)25-12-10-24(11-13-25)18-20-7-3-8-21-18/h1-5,7-8,14,23H,6,9-13H2,(H,22,26). The lowest BCUT2D eigenvalue weighted by Crippen LogP contribution is -2.52. The highest BCUT2D eigenvalue weighted by molar-refractivity contribution is 5.83. The van der Waals surface area contributed by atoms with Crippen LogP contribution in [0.15, 0.2) is 48.9 Å². The molecule has 3 aromatic rings. The topological polar surface area (TPSA) is 77.2 Å². The number of amides is 2. The summed E-state index contributed by atoms with van der Waals surface area (Å²) >= 11 is 0. The van der Waals surface area contributed by atoms with Gasteiger partial charge in [0.05, 0.1) is 0 Å². The average Bonchev–Trinajstić information content (AvgIpc) is 3.12. The lowest BCUT2D eigenvalue weighted by atomic mass is 10.1. The van der Waals surface area contributed by atoms with E-state index in [4.69, 9.17) is 0 Å². The van der Waals surface area contributed by atoms with Crippen LogP contribution in [0.2, 0.25) is 0 Å². The number of fused-ring (bicyclic) bond motifs is 1. The van der Waals surface area contributed by atoms with Crippen LogP contribution in [0.4, 0.5) is 10.7 Å². The van der Waals surface area contributed by atoms with Crippen molar-refractivity contribution in [2.24, 2.45) is 0 Å². The molecule has 1 aliphatic heterocycles. The smallest absolute Gasteiger partial charge is 0.317 e. The van der Waals surface area contributed by atoms with E-state index < -0.39 is 0 Å². The summed E-state index contributed by atoms with van der Waals surface area (Å²) < 4.78 is 0. The first-order valence-electron chi connectivity index (χ1n) is 8.91. The number of hydrogen-bond donors (Lipinski definition) is 2. The number of carbonyl (C=O) groups excluding carboxylic acids is 1. The number of piperazine rings is 1. The molecule has 0 saturated carbocycles. The molecule has 2 N–H and O–H groups in total. The van der Waals surface area contributed by atoms with E-state index in [0.717, 1.165) is 31.0 Å². The number of nitrogens with zero attached hydrogens (tertiary/aromatic N) is 4. The molecular weight excluding hydrogens is 328 g/mol. The third-order valence-electron chi connectivity index (χ3n) is 4.75. The highest BCUT2D eigenvalue weighted by Gasteiger charge is 2.22. The number of H-pyrrole nitrogens is 1. The van der Waals surface area contributed by atoms with Gasteiger partial charge in [0.2, 0.25) is 5.95 Å². The van der Waals surface area contributed by atoms with Crippen molar-refractivity contribution in [3.63, 3.8) is 0 Å². The van der Waals surface area contributed by atoms with Crippen molar-refractivity contribution < 1.29 is 4.79 Å². The van der Waals surface area contributed by atoms with Crippen LogP contribution >= 0.6 is 0 Å². The Morgan fingerprint density at radius 2 is 1.85 bits per heavy atom. The van der Waals surface area contributed by atoms with Gasteiger partial charge in [0.1, 0.15) is 0 Å². The SMILES string of the molecule is O=C(NCCc1c[nH]c2ccccc12)N1CCN(c2ncccn2)CC1. The van der Waals surface area contributed by atoms with Crippen LogP contribution in [0.3, 0.4) is 0 Å². The van der Waals surface area contributed by atoms with Crippen molar-refractivity contribution in [1.82, 2.24) is 25.2 Å². The zero-order valence-corrected chi connectivity index (χ0v) is 14.6. The molecule has 134 valence electrons. The van der Waals surface area contributed by atoms with E-state index in [9.17, 15) is 4.79 Å². The van der Waals surface area contributed by atoms with E-state index in [1.807, 2.05) is 23.2 Å². The number of rotatable bonds is 4. The summed E-state index contributed by atoms with van der Waals surface area (Å²) in [5.74, 6) is 0.729. The van der Waals surface area contributed by atoms with Crippen LogP contribution < -0.4 is 10.2 Å².